The largest absolute Gasteiger partial charge is 0.396 e. The lowest BCUT2D eigenvalue weighted by Gasteiger charge is -2.21. The standard InChI is InChI=1S/C15H20N2O3/c1-10(6-7-18)13-5-3-4-12(13)9-17-8-11(2)14(19)16-15(17)20/h3-5,8,10,13,18H,6-7,9H2,1-2H3,(H,16,19,20)/t10-,13?/m0/s1. The molecule has 1 heterocycles. The Balaban J connectivity index is 2.20. The number of aromatic nitrogens is 2. The maximum Gasteiger partial charge on any atom is 0.328 e. The minimum absolute atomic E-state index is 0.163. The monoisotopic (exact) mass is 276 g/mol. The van der Waals surface area contributed by atoms with Gasteiger partial charge in [-0.15, -0.1) is 0 Å². The van der Waals surface area contributed by atoms with Crippen LogP contribution in [0.3, 0.4) is 0 Å². The Morgan fingerprint density at radius 3 is 2.90 bits per heavy atom. The van der Waals surface area contributed by atoms with E-state index >= 15 is 0 Å². The van der Waals surface area contributed by atoms with Crippen LogP contribution in [-0.4, -0.2) is 21.3 Å². The van der Waals surface area contributed by atoms with Crippen LogP contribution in [0.15, 0.2) is 39.6 Å². The van der Waals surface area contributed by atoms with Gasteiger partial charge in [0, 0.05) is 30.8 Å². The van der Waals surface area contributed by atoms with E-state index in [1.54, 1.807) is 13.1 Å². The molecule has 0 aliphatic heterocycles. The van der Waals surface area contributed by atoms with Crippen LogP contribution in [0.4, 0.5) is 0 Å². The second-order valence-electron chi connectivity index (χ2n) is 5.34. The second-order valence-corrected chi connectivity index (χ2v) is 5.34. The Labute approximate surface area is 117 Å². The lowest BCUT2D eigenvalue weighted by molar-refractivity contribution is 0.250. The van der Waals surface area contributed by atoms with Crippen molar-refractivity contribution in [2.45, 2.75) is 26.8 Å². The van der Waals surface area contributed by atoms with E-state index in [1.165, 1.54) is 4.57 Å². The molecule has 0 saturated carbocycles. The molecular weight excluding hydrogens is 256 g/mol. The number of nitrogens with zero attached hydrogens (tertiary/aromatic N) is 1. The van der Waals surface area contributed by atoms with Crippen LogP contribution in [0.1, 0.15) is 18.9 Å². The van der Waals surface area contributed by atoms with E-state index < -0.39 is 0 Å². The molecule has 5 nitrogen and oxygen atoms in total. The van der Waals surface area contributed by atoms with Crippen molar-refractivity contribution in [2.75, 3.05) is 6.61 Å². The van der Waals surface area contributed by atoms with Crippen LogP contribution in [0, 0.1) is 18.8 Å². The molecule has 0 fully saturated rings. The summed E-state index contributed by atoms with van der Waals surface area (Å²) in [7, 11) is 0. The Hall–Kier alpha value is -1.88. The Morgan fingerprint density at radius 2 is 2.20 bits per heavy atom. The van der Waals surface area contributed by atoms with Crippen LogP contribution < -0.4 is 11.2 Å². The molecule has 20 heavy (non-hydrogen) atoms. The van der Waals surface area contributed by atoms with Crippen molar-refractivity contribution >= 4 is 0 Å². The number of allylic oxidation sites excluding steroid dienone is 4. The minimum Gasteiger partial charge on any atom is -0.396 e. The molecule has 0 bridgehead atoms. The maximum absolute atomic E-state index is 11.8. The van der Waals surface area contributed by atoms with Crippen LogP contribution in [-0.2, 0) is 6.54 Å². The van der Waals surface area contributed by atoms with Crippen LogP contribution in [0.25, 0.3) is 0 Å². The number of nitrogens with one attached hydrogen (secondary N) is 1. The fourth-order valence-electron chi connectivity index (χ4n) is 2.56. The first-order chi connectivity index (χ1) is 9.52. The van der Waals surface area contributed by atoms with E-state index in [9.17, 15) is 9.59 Å². The Kier molecular flexibility index (Phi) is 4.39. The van der Waals surface area contributed by atoms with Gasteiger partial charge in [-0.25, -0.2) is 4.79 Å². The highest BCUT2D eigenvalue weighted by atomic mass is 16.3. The highest BCUT2D eigenvalue weighted by Crippen LogP contribution is 2.29. The zero-order valence-corrected chi connectivity index (χ0v) is 11.8. The Morgan fingerprint density at radius 1 is 1.45 bits per heavy atom. The number of aromatic amines is 1. The third-order valence-electron chi connectivity index (χ3n) is 3.80. The molecule has 2 atom stereocenters. The summed E-state index contributed by atoms with van der Waals surface area (Å²) >= 11 is 0. The van der Waals surface area contributed by atoms with Crippen molar-refractivity contribution in [3.05, 3.63) is 56.4 Å². The molecule has 0 amide bonds. The molecular formula is C15H20N2O3. The van der Waals surface area contributed by atoms with Gasteiger partial charge in [0.1, 0.15) is 0 Å². The average Bonchev–Trinajstić information content (AvgIpc) is 2.84. The van der Waals surface area contributed by atoms with Crippen molar-refractivity contribution < 1.29 is 5.11 Å². The summed E-state index contributed by atoms with van der Waals surface area (Å²) in [6.45, 7) is 4.40. The van der Waals surface area contributed by atoms with E-state index in [1.807, 2.05) is 12.2 Å². The molecule has 5 heteroatoms. The normalized spacial score (nSPS) is 19.1. The molecule has 0 radical (unpaired) electrons. The Bertz CT molecular complexity index is 652. The highest BCUT2D eigenvalue weighted by molar-refractivity contribution is 5.28. The first kappa shape index (κ1) is 14.5. The maximum atomic E-state index is 11.8. The number of H-pyrrole nitrogens is 1. The molecule has 108 valence electrons. The van der Waals surface area contributed by atoms with E-state index in [-0.39, 0.29) is 23.8 Å². The van der Waals surface area contributed by atoms with Crippen molar-refractivity contribution in [3.8, 4) is 0 Å². The number of aliphatic hydroxyl groups excluding tert-OH is 1. The number of hydrogen-bond donors (Lipinski definition) is 2. The van der Waals surface area contributed by atoms with E-state index in [0.29, 0.717) is 18.0 Å². The topological polar surface area (TPSA) is 75.1 Å². The van der Waals surface area contributed by atoms with Gasteiger partial charge in [-0.05, 0) is 24.8 Å². The SMILES string of the molecule is Cc1cn(CC2=CC=CC2[C@@H](C)CCO)c(=O)[nH]c1=O. The van der Waals surface area contributed by atoms with Crippen molar-refractivity contribution in [1.29, 1.82) is 0 Å². The number of aryl methyl sites for hydroxylation is 1. The zero-order chi connectivity index (χ0) is 14.7. The first-order valence-corrected chi connectivity index (χ1v) is 6.81. The first-order valence-electron chi connectivity index (χ1n) is 6.81. The number of hydrogen-bond acceptors (Lipinski definition) is 3. The zero-order valence-electron chi connectivity index (χ0n) is 11.8. The summed E-state index contributed by atoms with van der Waals surface area (Å²) < 4.78 is 1.52. The number of rotatable bonds is 5. The highest BCUT2D eigenvalue weighted by Gasteiger charge is 2.21. The fourth-order valence-corrected chi connectivity index (χ4v) is 2.56. The predicted molar refractivity (Wildman–Crippen MR) is 77.6 cm³/mol. The molecule has 2 rings (SSSR count). The van der Waals surface area contributed by atoms with E-state index in [2.05, 4.69) is 18.0 Å². The predicted octanol–water partition coefficient (Wildman–Crippen LogP) is 0.976. The molecule has 1 aromatic heterocycles. The summed E-state index contributed by atoms with van der Waals surface area (Å²) in [5, 5.41) is 9.05. The molecule has 1 aliphatic rings. The van der Waals surface area contributed by atoms with E-state index in [4.69, 9.17) is 5.11 Å². The molecule has 1 unspecified atom stereocenters. The third kappa shape index (κ3) is 2.99. The quantitative estimate of drug-likeness (QED) is 0.841. The van der Waals surface area contributed by atoms with Crippen LogP contribution >= 0.6 is 0 Å². The van der Waals surface area contributed by atoms with Crippen LogP contribution in [0.5, 0.6) is 0 Å². The van der Waals surface area contributed by atoms with Gasteiger partial charge in [-0.1, -0.05) is 25.2 Å². The minimum atomic E-state index is -0.387. The average molecular weight is 276 g/mol. The summed E-state index contributed by atoms with van der Waals surface area (Å²) in [5.41, 5.74) is 0.924. The smallest absolute Gasteiger partial charge is 0.328 e. The van der Waals surface area contributed by atoms with Crippen molar-refractivity contribution in [1.82, 2.24) is 9.55 Å². The molecule has 1 aliphatic carbocycles. The van der Waals surface area contributed by atoms with Gasteiger partial charge in [-0.2, -0.15) is 0 Å². The second kappa shape index (κ2) is 6.05. The lowest BCUT2D eigenvalue weighted by Crippen LogP contribution is -2.32. The van der Waals surface area contributed by atoms with Crippen molar-refractivity contribution in [2.24, 2.45) is 11.8 Å². The molecule has 0 saturated heterocycles. The van der Waals surface area contributed by atoms with Gasteiger partial charge >= 0.3 is 5.69 Å². The van der Waals surface area contributed by atoms with Gasteiger partial charge < -0.3 is 5.11 Å². The fraction of sp³-hybridized carbons (Fsp3) is 0.467. The molecule has 0 aromatic carbocycles. The van der Waals surface area contributed by atoms with Crippen LogP contribution in [0.2, 0.25) is 0 Å². The van der Waals surface area contributed by atoms with Gasteiger partial charge in [0.2, 0.25) is 0 Å². The van der Waals surface area contributed by atoms with Gasteiger partial charge in [-0.3, -0.25) is 14.3 Å². The summed E-state index contributed by atoms with van der Waals surface area (Å²) in [5.74, 6) is 0.561. The summed E-state index contributed by atoms with van der Waals surface area (Å²) in [6, 6.07) is 0. The van der Waals surface area contributed by atoms with Gasteiger partial charge in [0.15, 0.2) is 0 Å². The summed E-state index contributed by atoms with van der Waals surface area (Å²) in [4.78, 5) is 25.5. The van der Waals surface area contributed by atoms with Gasteiger partial charge in [0.05, 0.1) is 0 Å². The van der Waals surface area contributed by atoms with Crippen molar-refractivity contribution in [3.63, 3.8) is 0 Å². The number of aliphatic hydroxyl groups is 1. The lowest BCUT2D eigenvalue weighted by atomic mass is 9.87. The molecule has 0 spiro atoms. The summed E-state index contributed by atoms with van der Waals surface area (Å²) in [6.07, 6.45) is 8.40. The van der Waals surface area contributed by atoms with E-state index in [0.717, 1.165) is 12.0 Å². The van der Waals surface area contributed by atoms with Gasteiger partial charge in [0.25, 0.3) is 5.56 Å². The third-order valence-corrected chi connectivity index (χ3v) is 3.80. The molecule has 1 aromatic rings. The molecule has 2 N–H and O–H groups in total.